The molecule has 0 fully saturated rings. The van der Waals surface area contributed by atoms with Crippen molar-refractivity contribution in [1.82, 2.24) is 10.3 Å². The van der Waals surface area contributed by atoms with Crippen LogP contribution in [0.25, 0.3) is 0 Å². The number of aromatic nitrogens is 1. The average Bonchev–Trinajstić information content (AvgIpc) is 2.52. The van der Waals surface area contributed by atoms with Crippen molar-refractivity contribution in [2.45, 2.75) is 18.9 Å². The largest absolute Gasteiger partial charge is 0.378 e. The third kappa shape index (κ3) is 4.24. The van der Waals surface area contributed by atoms with Gasteiger partial charge in [-0.05, 0) is 24.3 Å². The molecule has 2 atom stereocenters. The van der Waals surface area contributed by atoms with Crippen LogP contribution in [0.1, 0.15) is 30.2 Å². The molecule has 4 nitrogen and oxygen atoms in total. The lowest BCUT2D eigenvalue weighted by Gasteiger charge is -2.16. The number of halogens is 3. The van der Waals surface area contributed by atoms with Crippen LogP contribution < -0.4 is 5.32 Å². The van der Waals surface area contributed by atoms with Crippen molar-refractivity contribution in [2.24, 2.45) is 0 Å². The first-order valence-corrected chi connectivity index (χ1v) is 7.29. The summed E-state index contributed by atoms with van der Waals surface area (Å²) in [5.74, 6) is -2.43. The predicted octanol–water partition coefficient (Wildman–Crippen LogP) is 2.97. The SMILES string of the molecule is CC(CNC(=O)C(O)c1ccc(Cl)cc1F)c1ncccc1F. The maximum atomic E-state index is 13.7. The van der Waals surface area contributed by atoms with E-state index in [4.69, 9.17) is 11.6 Å². The fourth-order valence-electron chi connectivity index (χ4n) is 2.07. The quantitative estimate of drug-likeness (QED) is 0.879. The molecule has 2 aromatic rings. The Morgan fingerprint density at radius 2 is 2.09 bits per heavy atom. The van der Waals surface area contributed by atoms with Gasteiger partial charge in [0.15, 0.2) is 6.10 Å². The zero-order chi connectivity index (χ0) is 17.0. The molecule has 1 aromatic carbocycles. The van der Waals surface area contributed by atoms with E-state index >= 15 is 0 Å². The monoisotopic (exact) mass is 340 g/mol. The van der Waals surface area contributed by atoms with Gasteiger partial charge in [-0.25, -0.2) is 8.78 Å². The molecule has 122 valence electrons. The van der Waals surface area contributed by atoms with Gasteiger partial charge >= 0.3 is 0 Å². The molecule has 0 aliphatic rings. The number of carbonyl (C=O) groups excluding carboxylic acids is 1. The summed E-state index contributed by atoms with van der Waals surface area (Å²) in [7, 11) is 0. The van der Waals surface area contributed by atoms with E-state index in [0.717, 1.165) is 6.07 Å². The van der Waals surface area contributed by atoms with Gasteiger partial charge in [-0.2, -0.15) is 0 Å². The number of nitrogens with zero attached hydrogens (tertiary/aromatic N) is 1. The summed E-state index contributed by atoms with van der Waals surface area (Å²) < 4.78 is 27.3. The number of aliphatic hydroxyl groups is 1. The molecule has 0 aliphatic heterocycles. The normalized spacial score (nSPS) is 13.4. The number of rotatable bonds is 5. The molecule has 2 unspecified atom stereocenters. The third-order valence-electron chi connectivity index (χ3n) is 3.34. The van der Waals surface area contributed by atoms with Crippen molar-refractivity contribution >= 4 is 17.5 Å². The minimum absolute atomic E-state index is 0.0546. The average molecular weight is 341 g/mol. The highest BCUT2D eigenvalue weighted by Crippen LogP contribution is 2.21. The summed E-state index contributed by atoms with van der Waals surface area (Å²) in [6.45, 7) is 1.74. The Bertz CT molecular complexity index is 712. The highest BCUT2D eigenvalue weighted by molar-refractivity contribution is 6.30. The van der Waals surface area contributed by atoms with Crippen LogP contribution in [0.3, 0.4) is 0 Å². The fourth-order valence-corrected chi connectivity index (χ4v) is 2.23. The first kappa shape index (κ1) is 17.3. The van der Waals surface area contributed by atoms with E-state index in [2.05, 4.69) is 10.3 Å². The first-order valence-electron chi connectivity index (χ1n) is 6.91. The predicted molar refractivity (Wildman–Crippen MR) is 82.0 cm³/mol. The van der Waals surface area contributed by atoms with Crippen molar-refractivity contribution in [3.63, 3.8) is 0 Å². The van der Waals surface area contributed by atoms with E-state index < -0.39 is 29.6 Å². The van der Waals surface area contributed by atoms with Crippen LogP contribution in [0, 0.1) is 11.6 Å². The molecule has 2 N–H and O–H groups in total. The summed E-state index contributed by atoms with van der Waals surface area (Å²) in [6.07, 6.45) is -0.220. The summed E-state index contributed by atoms with van der Waals surface area (Å²) in [5, 5.41) is 12.5. The van der Waals surface area contributed by atoms with E-state index in [-0.39, 0.29) is 22.8 Å². The van der Waals surface area contributed by atoms with Crippen molar-refractivity contribution in [2.75, 3.05) is 6.54 Å². The Hall–Kier alpha value is -2.05. The Labute approximate surface area is 137 Å². The fraction of sp³-hybridized carbons (Fsp3) is 0.250. The number of aliphatic hydroxyl groups excluding tert-OH is 1. The van der Waals surface area contributed by atoms with Gasteiger partial charge in [0, 0.05) is 29.2 Å². The van der Waals surface area contributed by atoms with Gasteiger partial charge in [0.2, 0.25) is 0 Å². The van der Waals surface area contributed by atoms with E-state index in [1.807, 2.05) is 0 Å². The number of hydrogen-bond acceptors (Lipinski definition) is 3. The van der Waals surface area contributed by atoms with Gasteiger partial charge in [0.05, 0.1) is 5.69 Å². The van der Waals surface area contributed by atoms with Gasteiger partial charge in [0.1, 0.15) is 11.6 Å². The van der Waals surface area contributed by atoms with Crippen molar-refractivity contribution in [1.29, 1.82) is 0 Å². The molecule has 7 heteroatoms. The minimum atomic E-state index is -1.67. The Kier molecular flexibility index (Phi) is 5.63. The molecule has 1 aromatic heterocycles. The second-order valence-electron chi connectivity index (χ2n) is 5.09. The standard InChI is InChI=1S/C16H15ClF2N2O2/c1-9(14-12(18)3-2-6-20-14)8-21-16(23)15(22)11-5-4-10(17)7-13(11)19/h2-7,9,15,22H,8H2,1H3,(H,21,23). The Morgan fingerprint density at radius 1 is 1.35 bits per heavy atom. The minimum Gasteiger partial charge on any atom is -0.378 e. The zero-order valence-corrected chi connectivity index (χ0v) is 13.0. The van der Waals surface area contributed by atoms with Crippen molar-refractivity contribution < 1.29 is 18.7 Å². The first-order chi connectivity index (χ1) is 10.9. The maximum absolute atomic E-state index is 13.7. The van der Waals surface area contributed by atoms with Crippen molar-refractivity contribution in [3.05, 3.63) is 64.4 Å². The molecule has 23 heavy (non-hydrogen) atoms. The highest BCUT2D eigenvalue weighted by Gasteiger charge is 2.22. The third-order valence-corrected chi connectivity index (χ3v) is 3.58. The van der Waals surface area contributed by atoms with Crippen molar-refractivity contribution in [3.8, 4) is 0 Å². The van der Waals surface area contributed by atoms with Crippen LogP contribution in [0.2, 0.25) is 5.02 Å². The van der Waals surface area contributed by atoms with Crippen LogP contribution >= 0.6 is 11.6 Å². The highest BCUT2D eigenvalue weighted by atomic mass is 35.5. The van der Waals surface area contributed by atoms with Crippen LogP contribution in [0.4, 0.5) is 8.78 Å². The lowest BCUT2D eigenvalue weighted by atomic mass is 10.1. The number of hydrogen-bond donors (Lipinski definition) is 2. The number of nitrogens with one attached hydrogen (secondary N) is 1. The molecular formula is C16H15ClF2N2O2. The number of benzene rings is 1. The second-order valence-corrected chi connectivity index (χ2v) is 5.52. The molecule has 0 aliphatic carbocycles. The summed E-state index contributed by atoms with van der Waals surface area (Å²) in [6, 6.07) is 6.38. The van der Waals surface area contributed by atoms with Gasteiger partial charge < -0.3 is 10.4 Å². The zero-order valence-electron chi connectivity index (χ0n) is 12.3. The molecule has 0 saturated heterocycles. The Balaban J connectivity index is 2.00. The van der Waals surface area contributed by atoms with E-state index in [1.165, 1.54) is 30.5 Å². The summed E-state index contributed by atoms with van der Waals surface area (Å²) in [4.78, 5) is 15.8. The topological polar surface area (TPSA) is 62.2 Å². The van der Waals surface area contributed by atoms with Crippen LogP contribution in [0.15, 0.2) is 36.5 Å². The summed E-state index contributed by atoms with van der Waals surface area (Å²) in [5.41, 5.74) is 0.0310. The number of carbonyl (C=O) groups is 1. The molecule has 0 spiro atoms. The second kappa shape index (κ2) is 7.48. The molecule has 0 bridgehead atoms. The smallest absolute Gasteiger partial charge is 0.253 e. The molecule has 2 rings (SSSR count). The van der Waals surface area contributed by atoms with E-state index in [1.54, 1.807) is 6.92 Å². The van der Waals surface area contributed by atoms with Crippen LogP contribution in [0.5, 0.6) is 0 Å². The lowest BCUT2D eigenvalue weighted by Crippen LogP contribution is -2.33. The van der Waals surface area contributed by atoms with E-state index in [9.17, 15) is 18.7 Å². The van der Waals surface area contributed by atoms with Gasteiger partial charge in [-0.15, -0.1) is 0 Å². The molecular weight excluding hydrogens is 326 g/mol. The van der Waals surface area contributed by atoms with Crippen LogP contribution in [-0.4, -0.2) is 22.5 Å². The summed E-state index contributed by atoms with van der Waals surface area (Å²) >= 11 is 5.62. The lowest BCUT2D eigenvalue weighted by molar-refractivity contribution is -0.129. The Morgan fingerprint density at radius 3 is 2.74 bits per heavy atom. The molecule has 1 amide bonds. The van der Waals surface area contributed by atoms with Crippen LogP contribution in [-0.2, 0) is 4.79 Å². The van der Waals surface area contributed by atoms with Gasteiger partial charge in [-0.3, -0.25) is 9.78 Å². The molecule has 1 heterocycles. The number of pyridine rings is 1. The number of amides is 1. The van der Waals surface area contributed by atoms with Gasteiger partial charge in [-0.1, -0.05) is 24.6 Å². The molecule has 0 radical (unpaired) electrons. The molecule has 0 saturated carbocycles. The maximum Gasteiger partial charge on any atom is 0.253 e. The van der Waals surface area contributed by atoms with Gasteiger partial charge in [0.25, 0.3) is 5.91 Å². The van der Waals surface area contributed by atoms with E-state index in [0.29, 0.717) is 0 Å².